The van der Waals surface area contributed by atoms with Crippen LogP contribution in [-0.4, -0.2) is 30.3 Å². The second-order valence-electron chi connectivity index (χ2n) is 4.93. The van der Waals surface area contributed by atoms with Gasteiger partial charge in [-0.2, -0.15) is 0 Å². The number of amides is 1. The highest BCUT2D eigenvalue weighted by Gasteiger charge is 2.28. The van der Waals surface area contributed by atoms with E-state index in [1.807, 2.05) is 0 Å². The number of pyridine rings is 1. The number of nitrogens with one attached hydrogen (secondary N) is 1. The van der Waals surface area contributed by atoms with Crippen LogP contribution in [-0.2, 0) is 14.6 Å². The highest BCUT2D eigenvalue weighted by atomic mass is 79.9. The van der Waals surface area contributed by atoms with E-state index < -0.39 is 9.84 Å². The number of aromatic nitrogens is 1. The van der Waals surface area contributed by atoms with Crippen LogP contribution in [0.3, 0.4) is 0 Å². The van der Waals surface area contributed by atoms with E-state index in [9.17, 15) is 13.2 Å². The Hall–Kier alpha value is -0.950. The number of sulfone groups is 1. The van der Waals surface area contributed by atoms with Gasteiger partial charge in [0, 0.05) is 18.8 Å². The zero-order chi connectivity index (χ0) is 14.6. The SMILES string of the molecule is O=C(CCS(=O)(=O)C1CCCC1)Nc1ccncc1Br. The fourth-order valence-corrected chi connectivity index (χ4v) is 4.54. The topological polar surface area (TPSA) is 76.1 Å². The van der Waals surface area contributed by atoms with Gasteiger partial charge in [-0.1, -0.05) is 12.8 Å². The summed E-state index contributed by atoms with van der Waals surface area (Å²) in [5, 5.41) is 2.44. The number of carbonyl (C=O) groups excluding carboxylic acids is 1. The van der Waals surface area contributed by atoms with Crippen molar-refractivity contribution < 1.29 is 13.2 Å². The molecule has 0 radical (unpaired) electrons. The summed E-state index contributed by atoms with van der Waals surface area (Å²) >= 11 is 3.27. The molecule has 0 spiro atoms. The molecule has 110 valence electrons. The Bertz CT molecular complexity index is 583. The van der Waals surface area contributed by atoms with Crippen LogP contribution in [0.1, 0.15) is 32.1 Å². The molecule has 1 aromatic heterocycles. The zero-order valence-corrected chi connectivity index (χ0v) is 13.4. The van der Waals surface area contributed by atoms with Gasteiger partial charge in [-0.3, -0.25) is 9.78 Å². The molecule has 1 aliphatic carbocycles. The van der Waals surface area contributed by atoms with Crippen LogP contribution in [0.4, 0.5) is 5.69 Å². The lowest BCUT2D eigenvalue weighted by Gasteiger charge is -2.11. The maximum Gasteiger partial charge on any atom is 0.225 e. The van der Waals surface area contributed by atoms with Crippen LogP contribution in [0.25, 0.3) is 0 Å². The molecule has 7 heteroatoms. The minimum Gasteiger partial charge on any atom is -0.325 e. The maximum absolute atomic E-state index is 12.1. The lowest BCUT2D eigenvalue weighted by molar-refractivity contribution is -0.115. The summed E-state index contributed by atoms with van der Waals surface area (Å²) in [6.45, 7) is 0. The molecule has 0 saturated heterocycles. The quantitative estimate of drug-likeness (QED) is 0.875. The highest BCUT2D eigenvalue weighted by Crippen LogP contribution is 2.26. The summed E-state index contributed by atoms with van der Waals surface area (Å²) in [5.74, 6) is -0.370. The summed E-state index contributed by atoms with van der Waals surface area (Å²) in [6, 6.07) is 1.66. The van der Waals surface area contributed by atoms with Crippen LogP contribution >= 0.6 is 15.9 Å². The molecular formula is C13H17BrN2O3S. The van der Waals surface area contributed by atoms with Crippen LogP contribution in [0.15, 0.2) is 22.9 Å². The smallest absolute Gasteiger partial charge is 0.225 e. The van der Waals surface area contributed by atoms with Gasteiger partial charge in [0.2, 0.25) is 5.91 Å². The number of hydrogen-bond donors (Lipinski definition) is 1. The Labute approximate surface area is 127 Å². The molecule has 1 N–H and O–H groups in total. The first-order valence-electron chi connectivity index (χ1n) is 6.60. The minimum absolute atomic E-state index is 0.00635. The molecule has 1 fully saturated rings. The molecule has 0 aromatic carbocycles. The lowest BCUT2D eigenvalue weighted by atomic mass is 10.3. The summed E-state index contributed by atoms with van der Waals surface area (Å²) in [5.41, 5.74) is 0.600. The normalized spacial score (nSPS) is 16.2. The Morgan fingerprint density at radius 2 is 2.10 bits per heavy atom. The summed E-state index contributed by atoms with van der Waals surface area (Å²) < 4.78 is 24.8. The standard InChI is InChI=1S/C13H17BrN2O3S/c14-11-9-15-7-5-12(11)16-13(17)6-8-20(18,19)10-3-1-2-4-10/h5,7,9-10H,1-4,6,8H2,(H,15,16,17). The fourth-order valence-electron chi connectivity index (χ4n) is 2.34. The van der Waals surface area contributed by atoms with Gasteiger partial charge in [-0.15, -0.1) is 0 Å². The van der Waals surface area contributed by atoms with E-state index in [1.165, 1.54) is 0 Å². The predicted molar refractivity (Wildman–Crippen MR) is 81.2 cm³/mol. The largest absolute Gasteiger partial charge is 0.325 e. The number of hydrogen-bond acceptors (Lipinski definition) is 4. The first-order chi connectivity index (χ1) is 9.49. The molecule has 0 bridgehead atoms. The van der Waals surface area contributed by atoms with Crippen molar-refractivity contribution in [3.8, 4) is 0 Å². The molecule has 1 aromatic rings. The van der Waals surface area contributed by atoms with Gasteiger partial charge in [0.25, 0.3) is 0 Å². The first-order valence-corrected chi connectivity index (χ1v) is 9.11. The van der Waals surface area contributed by atoms with Gasteiger partial charge in [-0.25, -0.2) is 8.42 Å². The van der Waals surface area contributed by atoms with E-state index in [1.54, 1.807) is 18.5 Å². The Kier molecular flexibility index (Phi) is 5.15. The third-order valence-corrected chi connectivity index (χ3v) is 6.36. The molecule has 0 unspecified atom stereocenters. The monoisotopic (exact) mass is 360 g/mol. The van der Waals surface area contributed by atoms with Crippen molar-refractivity contribution in [1.29, 1.82) is 0 Å². The number of carbonyl (C=O) groups is 1. The van der Waals surface area contributed by atoms with E-state index in [0.717, 1.165) is 25.7 Å². The number of nitrogens with zero attached hydrogens (tertiary/aromatic N) is 1. The Balaban J connectivity index is 1.88. The molecule has 5 nitrogen and oxygen atoms in total. The van der Waals surface area contributed by atoms with Gasteiger partial charge in [0.15, 0.2) is 9.84 Å². The van der Waals surface area contributed by atoms with Gasteiger partial charge < -0.3 is 5.32 Å². The third-order valence-electron chi connectivity index (χ3n) is 3.47. The maximum atomic E-state index is 12.1. The Morgan fingerprint density at radius 1 is 1.40 bits per heavy atom. The van der Waals surface area contributed by atoms with Crippen molar-refractivity contribution in [2.24, 2.45) is 0 Å². The van der Waals surface area contributed by atoms with E-state index in [-0.39, 0.29) is 23.3 Å². The van der Waals surface area contributed by atoms with Gasteiger partial charge in [-0.05, 0) is 34.8 Å². The first kappa shape index (κ1) is 15.4. The van der Waals surface area contributed by atoms with Crippen molar-refractivity contribution in [2.45, 2.75) is 37.4 Å². The molecule has 20 heavy (non-hydrogen) atoms. The van der Waals surface area contributed by atoms with Crippen LogP contribution in [0.2, 0.25) is 0 Å². The van der Waals surface area contributed by atoms with Crippen LogP contribution < -0.4 is 5.32 Å². The van der Waals surface area contributed by atoms with Crippen molar-refractivity contribution in [3.63, 3.8) is 0 Å². The number of rotatable bonds is 5. The van der Waals surface area contributed by atoms with Crippen molar-refractivity contribution in [1.82, 2.24) is 4.98 Å². The highest BCUT2D eigenvalue weighted by molar-refractivity contribution is 9.10. The third kappa shape index (κ3) is 4.02. The molecule has 1 saturated carbocycles. The molecule has 1 amide bonds. The van der Waals surface area contributed by atoms with E-state index in [4.69, 9.17) is 0 Å². The zero-order valence-electron chi connectivity index (χ0n) is 11.0. The van der Waals surface area contributed by atoms with Gasteiger partial charge in [0.05, 0.1) is 21.2 Å². The van der Waals surface area contributed by atoms with Crippen LogP contribution in [0.5, 0.6) is 0 Å². The average Bonchev–Trinajstić information content (AvgIpc) is 2.94. The number of halogens is 1. The van der Waals surface area contributed by atoms with Gasteiger partial charge >= 0.3 is 0 Å². The van der Waals surface area contributed by atoms with Crippen molar-refractivity contribution in [2.75, 3.05) is 11.1 Å². The van der Waals surface area contributed by atoms with Crippen molar-refractivity contribution >= 4 is 37.4 Å². The number of anilines is 1. The van der Waals surface area contributed by atoms with E-state index >= 15 is 0 Å². The lowest BCUT2D eigenvalue weighted by Crippen LogP contribution is -2.24. The molecule has 0 aliphatic heterocycles. The summed E-state index contributed by atoms with van der Waals surface area (Å²) in [6.07, 6.45) is 6.55. The molecule has 0 atom stereocenters. The van der Waals surface area contributed by atoms with Crippen LogP contribution in [0, 0.1) is 0 Å². The Morgan fingerprint density at radius 3 is 2.75 bits per heavy atom. The molecule has 1 aliphatic rings. The summed E-state index contributed by atoms with van der Waals surface area (Å²) in [7, 11) is -3.14. The molecule has 1 heterocycles. The second kappa shape index (κ2) is 6.67. The van der Waals surface area contributed by atoms with E-state index in [0.29, 0.717) is 10.2 Å². The fraction of sp³-hybridized carbons (Fsp3) is 0.538. The van der Waals surface area contributed by atoms with Crippen molar-refractivity contribution in [3.05, 3.63) is 22.9 Å². The summed E-state index contributed by atoms with van der Waals surface area (Å²) in [4.78, 5) is 15.7. The average molecular weight is 361 g/mol. The predicted octanol–water partition coefficient (Wildman–Crippen LogP) is 2.53. The van der Waals surface area contributed by atoms with Gasteiger partial charge in [0.1, 0.15) is 0 Å². The second-order valence-corrected chi connectivity index (χ2v) is 8.18. The van der Waals surface area contributed by atoms with E-state index in [2.05, 4.69) is 26.2 Å². The molecular weight excluding hydrogens is 344 g/mol. The minimum atomic E-state index is -3.14. The molecule has 2 rings (SSSR count).